The highest BCUT2D eigenvalue weighted by atomic mass is 16.7. The Kier molecular flexibility index (Phi) is 6.44. The third-order valence-corrected chi connectivity index (χ3v) is 4.64. The van der Waals surface area contributed by atoms with Crippen LogP contribution in [0.5, 0.6) is 0 Å². The van der Waals surface area contributed by atoms with Gasteiger partial charge in [-0.3, -0.25) is 9.63 Å². The van der Waals surface area contributed by atoms with E-state index in [1.807, 2.05) is 24.3 Å². The molecule has 0 aromatic heterocycles. The first-order valence-corrected chi connectivity index (χ1v) is 9.11. The van der Waals surface area contributed by atoms with Gasteiger partial charge in [-0.2, -0.15) is 5.48 Å². The minimum Gasteiger partial charge on any atom is -0.481 e. The molecule has 0 saturated carbocycles. The molecule has 2 aromatic rings. The number of fused-ring (bicyclic) bond motifs is 3. The fourth-order valence-corrected chi connectivity index (χ4v) is 3.37. The van der Waals surface area contributed by atoms with E-state index in [4.69, 9.17) is 14.7 Å². The normalized spacial score (nSPS) is 12.3. The van der Waals surface area contributed by atoms with Crippen LogP contribution < -0.4 is 5.48 Å². The standard InChI is InChI=1S/C21H23NO5/c23-20(24)12-2-1-7-13-27-22-21(25)26-14-19-17-10-5-3-8-15(17)16-9-4-6-11-18(16)19/h3-6,8-11,19H,1-2,7,12-14H2,(H,22,25)(H,23,24). The molecule has 1 aliphatic carbocycles. The van der Waals surface area contributed by atoms with Crippen molar-refractivity contribution in [2.45, 2.75) is 31.6 Å². The maximum absolute atomic E-state index is 11.9. The van der Waals surface area contributed by atoms with Crippen molar-refractivity contribution in [1.29, 1.82) is 0 Å². The number of carboxylic acid groups (broad SMARTS) is 1. The Bertz CT molecular complexity index is 759. The van der Waals surface area contributed by atoms with E-state index in [-0.39, 0.29) is 18.9 Å². The van der Waals surface area contributed by atoms with E-state index >= 15 is 0 Å². The Morgan fingerprint density at radius 1 is 0.926 bits per heavy atom. The summed E-state index contributed by atoms with van der Waals surface area (Å²) in [4.78, 5) is 27.4. The summed E-state index contributed by atoms with van der Waals surface area (Å²) in [6.07, 6.45) is 1.54. The first-order valence-electron chi connectivity index (χ1n) is 9.11. The summed E-state index contributed by atoms with van der Waals surface area (Å²) in [7, 11) is 0. The molecule has 0 radical (unpaired) electrons. The minimum atomic E-state index is -0.798. The SMILES string of the molecule is O=C(O)CCCCCONC(=O)OCC1c2ccccc2-c2ccccc21. The minimum absolute atomic E-state index is 0.0131. The second-order valence-electron chi connectivity index (χ2n) is 6.48. The largest absolute Gasteiger partial charge is 0.481 e. The Hall–Kier alpha value is -2.86. The lowest BCUT2D eigenvalue weighted by Gasteiger charge is -2.14. The number of hydroxylamine groups is 1. The number of hydrogen-bond acceptors (Lipinski definition) is 4. The van der Waals surface area contributed by atoms with Crippen molar-refractivity contribution in [2.24, 2.45) is 0 Å². The van der Waals surface area contributed by atoms with E-state index in [2.05, 4.69) is 29.7 Å². The molecule has 6 heteroatoms. The lowest BCUT2D eigenvalue weighted by Crippen LogP contribution is -2.26. The molecule has 1 aliphatic rings. The molecule has 2 aromatic carbocycles. The van der Waals surface area contributed by atoms with Crippen LogP contribution in [-0.4, -0.2) is 30.4 Å². The molecule has 1 amide bonds. The first kappa shape index (κ1) is 18.9. The average Bonchev–Trinajstić information content (AvgIpc) is 2.99. The molecule has 27 heavy (non-hydrogen) atoms. The second kappa shape index (κ2) is 9.19. The van der Waals surface area contributed by atoms with E-state index in [0.717, 1.165) is 17.5 Å². The summed E-state index contributed by atoms with van der Waals surface area (Å²) in [5.41, 5.74) is 6.95. The van der Waals surface area contributed by atoms with Gasteiger partial charge in [0.1, 0.15) is 6.61 Å². The van der Waals surface area contributed by atoms with Crippen LogP contribution in [0, 0.1) is 0 Å². The summed E-state index contributed by atoms with van der Waals surface area (Å²) in [6.45, 7) is 0.561. The number of aliphatic carboxylic acids is 1. The predicted molar refractivity (Wildman–Crippen MR) is 100 cm³/mol. The van der Waals surface area contributed by atoms with E-state index < -0.39 is 12.1 Å². The molecule has 0 heterocycles. The molecule has 0 bridgehead atoms. The van der Waals surface area contributed by atoms with Gasteiger partial charge >= 0.3 is 12.1 Å². The van der Waals surface area contributed by atoms with Gasteiger partial charge in [-0.25, -0.2) is 4.79 Å². The molecule has 2 N–H and O–H groups in total. The molecule has 3 rings (SSSR count). The topological polar surface area (TPSA) is 84.9 Å². The van der Waals surface area contributed by atoms with Crippen molar-refractivity contribution in [3.8, 4) is 11.1 Å². The van der Waals surface area contributed by atoms with Crippen LogP contribution in [-0.2, 0) is 14.4 Å². The van der Waals surface area contributed by atoms with Crippen molar-refractivity contribution >= 4 is 12.1 Å². The fraction of sp³-hybridized carbons (Fsp3) is 0.333. The Morgan fingerprint density at radius 2 is 1.56 bits per heavy atom. The van der Waals surface area contributed by atoms with Crippen molar-refractivity contribution in [3.63, 3.8) is 0 Å². The molecule has 0 aliphatic heterocycles. The number of rotatable bonds is 9. The third-order valence-electron chi connectivity index (χ3n) is 4.64. The second-order valence-corrected chi connectivity index (χ2v) is 6.48. The molecular weight excluding hydrogens is 346 g/mol. The Morgan fingerprint density at radius 3 is 2.19 bits per heavy atom. The summed E-state index contributed by atoms with van der Waals surface area (Å²) in [5.74, 6) is -0.785. The van der Waals surface area contributed by atoms with Crippen LogP contribution in [0.15, 0.2) is 48.5 Å². The summed E-state index contributed by atoms with van der Waals surface area (Å²) >= 11 is 0. The van der Waals surface area contributed by atoms with Crippen molar-refractivity contribution < 1.29 is 24.3 Å². The lowest BCUT2D eigenvalue weighted by atomic mass is 9.98. The van der Waals surface area contributed by atoms with Crippen LogP contribution in [0.3, 0.4) is 0 Å². The molecule has 0 atom stereocenters. The number of nitrogens with one attached hydrogen (secondary N) is 1. The highest BCUT2D eigenvalue weighted by molar-refractivity contribution is 5.79. The van der Waals surface area contributed by atoms with Crippen molar-refractivity contribution in [1.82, 2.24) is 5.48 Å². The number of hydrogen-bond donors (Lipinski definition) is 2. The number of ether oxygens (including phenoxy) is 1. The zero-order valence-corrected chi connectivity index (χ0v) is 15.0. The molecule has 0 saturated heterocycles. The predicted octanol–water partition coefficient (Wildman–Crippen LogP) is 4.10. The van der Waals surface area contributed by atoms with E-state index in [1.165, 1.54) is 11.1 Å². The molecular formula is C21H23NO5. The van der Waals surface area contributed by atoms with Gasteiger partial charge in [0.05, 0.1) is 6.61 Å². The van der Waals surface area contributed by atoms with Crippen LogP contribution in [0.2, 0.25) is 0 Å². The number of carbonyl (C=O) groups is 2. The van der Waals surface area contributed by atoms with Crippen LogP contribution in [0.1, 0.15) is 42.7 Å². The van der Waals surface area contributed by atoms with Gasteiger partial charge in [-0.1, -0.05) is 55.0 Å². The third kappa shape index (κ3) is 4.86. The maximum Gasteiger partial charge on any atom is 0.431 e. The first-order chi connectivity index (χ1) is 13.2. The fourth-order valence-electron chi connectivity index (χ4n) is 3.37. The number of amides is 1. The van der Waals surface area contributed by atoms with Gasteiger partial charge in [-0.05, 0) is 35.1 Å². The monoisotopic (exact) mass is 369 g/mol. The van der Waals surface area contributed by atoms with Crippen molar-refractivity contribution in [2.75, 3.05) is 13.2 Å². The van der Waals surface area contributed by atoms with Crippen molar-refractivity contribution in [3.05, 3.63) is 59.7 Å². The Balaban J connectivity index is 1.44. The highest BCUT2D eigenvalue weighted by Crippen LogP contribution is 2.44. The smallest absolute Gasteiger partial charge is 0.431 e. The molecule has 0 spiro atoms. The van der Waals surface area contributed by atoms with Crippen LogP contribution in [0.25, 0.3) is 11.1 Å². The summed E-state index contributed by atoms with van der Waals surface area (Å²) in [6, 6.07) is 16.3. The number of carbonyl (C=O) groups excluding carboxylic acids is 1. The number of unbranched alkanes of at least 4 members (excludes halogenated alkanes) is 2. The quantitative estimate of drug-likeness (QED) is 0.513. The van der Waals surface area contributed by atoms with Gasteiger partial charge < -0.3 is 9.84 Å². The Labute approximate surface area is 158 Å². The number of benzene rings is 2. The van der Waals surface area contributed by atoms with Crippen LogP contribution in [0.4, 0.5) is 4.79 Å². The van der Waals surface area contributed by atoms with Crippen LogP contribution >= 0.6 is 0 Å². The maximum atomic E-state index is 11.9. The van der Waals surface area contributed by atoms with Gasteiger partial charge in [0.15, 0.2) is 0 Å². The molecule has 6 nitrogen and oxygen atoms in total. The van der Waals surface area contributed by atoms with Gasteiger partial charge in [-0.15, -0.1) is 0 Å². The van der Waals surface area contributed by atoms with Gasteiger partial charge in [0.2, 0.25) is 0 Å². The number of carboxylic acids is 1. The molecule has 142 valence electrons. The zero-order valence-electron chi connectivity index (χ0n) is 15.0. The van der Waals surface area contributed by atoms with E-state index in [0.29, 0.717) is 19.4 Å². The summed E-state index contributed by atoms with van der Waals surface area (Å²) in [5, 5.41) is 8.56. The van der Waals surface area contributed by atoms with E-state index in [9.17, 15) is 9.59 Å². The molecule has 0 unspecified atom stereocenters. The average molecular weight is 369 g/mol. The molecule has 0 fully saturated rings. The lowest BCUT2D eigenvalue weighted by molar-refractivity contribution is -0.137. The van der Waals surface area contributed by atoms with Gasteiger partial charge in [0, 0.05) is 12.3 Å². The highest BCUT2D eigenvalue weighted by Gasteiger charge is 2.28. The van der Waals surface area contributed by atoms with E-state index in [1.54, 1.807) is 0 Å². The van der Waals surface area contributed by atoms with Gasteiger partial charge in [0.25, 0.3) is 0 Å². The zero-order chi connectivity index (χ0) is 19.1. The summed E-state index contributed by atoms with van der Waals surface area (Å²) < 4.78 is 5.35.